The van der Waals surface area contributed by atoms with Gasteiger partial charge in [-0.3, -0.25) is 4.79 Å². The summed E-state index contributed by atoms with van der Waals surface area (Å²) in [4.78, 5) is 12.1. The molecular weight excluding hydrogens is 298 g/mol. The zero-order chi connectivity index (χ0) is 16.1. The van der Waals surface area contributed by atoms with Gasteiger partial charge in [-0.05, 0) is 43.2 Å². The first-order valence-electron chi connectivity index (χ1n) is 6.90. The number of benzene rings is 2. The summed E-state index contributed by atoms with van der Waals surface area (Å²) >= 11 is 6.18. The van der Waals surface area contributed by atoms with Crippen molar-refractivity contribution < 1.29 is 9.53 Å². The van der Waals surface area contributed by atoms with Gasteiger partial charge in [-0.25, -0.2) is 0 Å². The van der Waals surface area contributed by atoms with E-state index < -0.39 is 0 Å². The Morgan fingerprint density at radius 3 is 2.64 bits per heavy atom. The van der Waals surface area contributed by atoms with Gasteiger partial charge in [0.15, 0.2) is 0 Å². The zero-order valence-corrected chi connectivity index (χ0v) is 13.6. The summed E-state index contributed by atoms with van der Waals surface area (Å²) in [6.07, 6.45) is 3.18. The van der Waals surface area contributed by atoms with Crippen molar-refractivity contribution in [1.29, 1.82) is 0 Å². The number of anilines is 1. The molecular formula is C18H18ClNO2. The van der Waals surface area contributed by atoms with Gasteiger partial charge >= 0.3 is 0 Å². The van der Waals surface area contributed by atoms with Gasteiger partial charge in [0.2, 0.25) is 5.91 Å². The monoisotopic (exact) mass is 315 g/mol. The van der Waals surface area contributed by atoms with Crippen LogP contribution in [0, 0.1) is 13.8 Å². The largest absolute Gasteiger partial charge is 0.496 e. The van der Waals surface area contributed by atoms with Gasteiger partial charge in [-0.15, -0.1) is 0 Å². The number of methoxy groups -OCH3 is 1. The van der Waals surface area contributed by atoms with Crippen LogP contribution in [0.3, 0.4) is 0 Å². The van der Waals surface area contributed by atoms with Gasteiger partial charge in [0.1, 0.15) is 5.75 Å². The summed E-state index contributed by atoms with van der Waals surface area (Å²) in [5.41, 5.74) is 3.47. The molecule has 0 aromatic heterocycles. The number of aryl methyl sites for hydroxylation is 2. The highest BCUT2D eigenvalue weighted by Gasteiger charge is 2.07. The molecule has 2 aromatic carbocycles. The van der Waals surface area contributed by atoms with E-state index in [4.69, 9.17) is 16.3 Å². The lowest BCUT2D eigenvalue weighted by atomic mass is 10.1. The van der Waals surface area contributed by atoms with Crippen LogP contribution in [0.4, 0.5) is 5.69 Å². The average molecular weight is 316 g/mol. The Hall–Kier alpha value is -2.26. The highest BCUT2D eigenvalue weighted by atomic mass is 35.5. The van der Waals surface area contributed by atoms with E-state index in [1.165, 1.54) is 6.08 Å². The van der Waals surface area contributed by atoms with E-state index in [2.05, 4.69) is 5.32 Å². The maximum absolute atomic E-state index is 12.1. The number of hydrogen-bond donors (Lipinski definition) is 1. The number of para-hydroxylation sites is 1. The number of nitrogens with one attached hydrogen (secondary N) is 1. The van der Waals surface area contributed by atoms with Gasteiger partial charge in [0.05, 0.1) is 17.8 Å². The lowest BCUT2D eigenvalue weighted by Crippen LogP contribution is -2.09. The van der Waals surface area contributed by atoms with E-state index >= 15 is 0 Å². The van der Waals surface area contributed by atoms with Crippen LogP contribution in [0.5, 0.6) is 5.75 Å². The van der Waals surface area contributed by atoms with Gasteiger partial charge in [0, 0.05) is 11.6 Å². The highest BCUT2D eigenvalue weighted by molar-refractivity contribution is 6.34. The van der Waals surface area contributed by atoms with E-state index in [1.807, 2.05) is 50.2 Å². The predicted molar refractivity (Wildman–Crippen MR) is 91.6 cm³/mol. The second-order valence-corrected chi connectivity index (χ2v) is 5.41. The summed E-state index contributed by atoms with van der Waals surface area (Å²) in [5.74, 6) is 0.482. The normalized spacial score (nSPS) is 10.7. The molecule has 0 saturated heterocycles. The molecule has 0 fully saturated rings. The third kappa shape index (κ3) is 3.89. The minimum Gasteiger partial charge on any atom is -0.496 e. The number of halogens is 1. The smallest absolute Gasteiger partial charge is 0.248 e. The molecule has 0 atom stereocenters. The predicted octanol–water partition coefficient (Wildman–Crippen LogP) is 4.62. The topological polar surface area (TPSA) is 38.3 Å². The SMILES string of the molecule is COc1ccccc1C=CC(=O)Nc1c(C)cc(C)cc1Cl. The second-order valence-electron chi connectivity index (χ2n) is 5.00. The summed E-state index contributed by atoms with van der Waals surface area (Å²) in [6, 6.07) is 11.3. The van der Waals surface area contributed by atoms with Crippen molar-refractivity contribution in [2.45, 2.75) is 13.8 Å². The summed E-state index contributed by atoms with van der Waals surface area (Å²) in [7, 11) is 1.60. The Bertz CT molecular complexity index is 700. The minimum atomic E-state index is -0.236. The van der Waals surface area contributed by atoms with Crippen LogP contribution in [-0.2, 0) is 4.79 Å². The van der Waals surface area contributed by atoms with Crippen molar-refractivity contribution in [3.63, 3.8) is 0 Å². The first-order valence-corrected chi connectivity index (χ1v) is 7.28. The number of ether oxygens (including phenoxy) is 1. The van der Waals surface area contributed by atoms with E-state index in [1.54, 1.807) is 13.2 Å². The third-order valence-electron chi connectivity index (χ3n) is 3.23. The van der Waals surface area contributed by atoms with Crippen LogP contribution in [0.15, 0.2) is 42.5 Å². The molecule has 1 N–H and O–H groups in total. The van der Waals surface area contributed by atoms with Crippen LogP contribution in [0.25, 0.3) is 6.08 Å². The molecule has 1 amide bonds. The Morgan fingerprint density at radius 1 is 1.23 bits per heavy atom. The standard InChI is InChI=1S/C18H18ClNO2/c1-12-10-13(2)18(15(19)11-12)20-17(21)9-8-14-6-4-5-7-16(14)22-3/h4-11H,1-3H3,(H,20,21). The molecule has 0 aliphatic carbocycles. The zero-order valence-electron chi connectivity index (χ0n) is 12.8. The Kier molecular flexibility index (Phi) is 5.23. The van der Waals surface area contributed by atoms with Gasteiger partial charge in [0.25, 0.3) is 0 Å². The second kappa shape index (κ2) is 7.14. The average Bonchev–Trinajstić information content (AvgIpc) is 2.49. The van der Waals surface area contributed by atoms with Crippen molar-refractivity contribution >= 4 is 29.3 Å². The summed E-state index contributed by atoms with van der Waals surface area (Å²) in [6.45, 7) is 3.88. The Morgan fingerprint density at radius 2 is 1.95 bits per heavy atom. The minimum absolute atomic E-state index is 0.236. The van der Waals surface area contributed by atoms with Crippen molar-refractivity contribution in [1.82, 2.24) is 0 Å². The number of carbonyl (C=O) groups excluding carboxylic acids is 1. The Labute approximate surface area is 135 Å². The number of hydrogen-bond acceptors (Lipinski definition) is 2. The first kappa shape index (κ1) is 16.1. The molecule has 0 aliphatic heterocycles. The number of carbonyl (C=O) groups is 1. The Balaban J connectivity index is 2.15. The summed E-state index contributed by atoms with van der Waals surface area (Å²) in [5, 5.41) is 3.35. The molecule has 3 nitrogen and oxygen atoms in total. The molecule has 0 unspecified atom stereocenters. The molecule has 114 valence electrons. The van der Waals surface area contributed by atoms with E-state index in [-0.39, 0.29) is 5.91 Å². The van der Waals surface area contributed by atoms with Gasteiger partial charge in [-0.2, -0.15) is 0 Å². The fraction of sp³-hybridized carbons (Fsp3) is 0.167. The van der Waals surface area contributed by atoms with Gasteiger partial charge in [-0.1, -0.05) is 35.9 Å². The van der Waals surface area contributed by atoms with Gasteiger partial charge < -0.3 is 10.1 Å². The number of amides is 1. The summed E-state index contributed by atoms with van der Waals surface area (Å²) < 4.78 is 5.24. The van der Waals surface area contributed by atoms with Crippen LogP contribution < -0.4 is 10.1 Å². The van der Waals surface area contributed by atoms with E-state index in [0.29, 0.717) is 10.7 Å². The van der Waals surface area contributed by atoms with Crippen LogP contribution in [0.1, 0.15) is 16.7 Å². The first-order chi connectivity index (χ1) is 10.5. The van der Waals surface area contributed by atoms with Crippen LogP contribution in [0.2, 0.25) is 5.02 Å². The molecule has 2 aromatic rings. The maximum Gasteiger partial charge on any atom is 0.248 e. The highest BCUT2D eigenvalue weighted by Crippen LogP contribution is 2.27. The molecule has 0 radical (unpaired) electrons. The molecule has 0 bridgehead atoms. The fourth-order valence-corrected chi connectivity index (χ4v) is 2.58. The molecule has 4 heteroatoms. The third-order valence-corrected chi connectivity index (χ3v) is 3.53. The van der Waals surface area contributed by atoms with Crippen LogP contribution in [-0.4, -0.2) is 13.0 Å². The quantitative estimate of drug-likeness (QED) is 0.836. The number of rotatable bonds is 4. The van der Waals surface area contributed by atoms with Crippen molar-refractivity contribution in [3.05, 3.63) is 64.2 Å². The van der Waals surface area contributed by atoms with E-state index in [9.17, 15) is 4.79 Å². The fourth-order valence-electron chi connectivity index (χ4n) is 2.21. The molecule has 0 heterocycles. The van der Waals surface area contributed by atoms with Crippen LogP contribution >= 0.6 is 11.6 Å². The van der Waals surface area contributed by atoms with Crippen molar-refractivity contribution in [2.24, 2.45) is 0 Å². The molecule has 0 aliphatic rings. The molecule has 0 saturated carbocycles. The van der Waals surface area contributed by atoms with E-state index in [0.717, 1.165) is 22.4 Å². The maximum atomic E-state index is 12.1. The lowest BCUT2D eigenvalue weighted by Gasteiger charge is -2.10. The lowest BCUT2D eigenvalue weighted by molar-refractivity contribution is -0.111. The molecule has 2 rings (SSSR count). The molecule has 0 spiro atoms. The van der Waals surface area contributed by atoms with Crippen molar-refractivity contribution in [3.8, 4) is 5.75 Å². The van der Waals surface area contributed by atoms with Crippen molar-refractivity contribution in [2.75, 3.05) is 12.4 Å². The molecule has 22 heavy (non-hydrogen) atoms.